The number of rotatable bonds is 3. The van der Waals surface area contributed by atoms with Crippen molar-refractivity contribution in [1.82, 2.24) is 5.32 Å². The molecular weight excluding hydrogens is 284 g/mol. The first-order valence-corrected chi connectivity index (χ1v) is 7.28. The van der Waals surface area contributed by atoms with E-state index < -0.39 is 23.2 Å². The molecule has 0 aromatic rings. The first-order valence-electron chi connectivity index (χ1n) is 7.28. The van der Waals surface area contributed by atoms with Crippen molar-refractivity contribution in [2.45, 2.75) is 58.6 Å². The quantitative estimate of drug-likeness (QED) is 0.639. The maximum Gasteiger partial charge on any atom is 0.408 e. The topological polar surface area (TPSA) is 88.4 Å². The molecule has 0 bridgehead atoms. The Morgan fingerprint density at radius 3 is 2.50 bits per heavy atom. The van der Waals surface area contributed by atoms with Gasteiger partial charge < -0.3 is 14.8 Å². The van der Waals surface area contributed by atoms with Gasteiger partial charge >= 0.3 is 12.1 Å². The maximum atomic E-state index is 11.8. The molecule has 0 saturated carbocycles. The number of esters is 1. The molecule has 1 aliphatic carbocycles. The van der Waals surface area contributed by atoms with Crippen LogP contribution in [0.4, 0.5) is 4.79 Å². The summed E-state index contributed by atoms with van der Waals surface area (Å²) >= 11 is 0. The number of nitrogens with zero attached hydrogens (tertiary/aromatic N) is 1. The van der Waals surface area contributed by atoms with E-state index in [-0.39, 0.29) is 5.97 Å². The van der Waals surface area contributed by atoms with E-state index in [4.69, 9.17) is 9.47 Å². The molecule has 1 aliphatic rings. The third kappa shape index (κ3) is 4.76. The second-order valence-electron chi connectivity index (χ2n) is 6.74. The SMILES string of the molecule is COC(=O)C1(C)CC=C(C(C#N)NC(=O)OC(C)(C)C)CC1. The molecule has 2 atom stereocenters. The molecule has 0 aromatic heterocycles. The predicted octanol–water partition coefficient (Wildman–Crippen LogP) is 2.69. The van der Waals surface area contributed by atoms with E-state index in [0.717, 1.165) is 5.57 Å². The van der Waals surface area contributed by atoms with E-state index in [0.29, 0.717) is 19.3 Å². The number of methoxy groups -OCH3 is 1. The molecule has 0 saturated heterocycles. The maximum absolute atomic E-state index is 11.8. The zero-order chi connectivity index (χ0) is 17.0. The second-order valence-corrected chi connectivity index (χ2v) is 6.74. The lowest BCUT2D eigenvalue weighted by Crippen LogP contribution is -2.41. The number of amides is 1. The van der Waals surface area contributed by atoms with Gasteiger partial charge in [0.15, 0.2) is 0 Å². The summed E-state index contributed by atoms with van der Waals surface area (Å²) in [6.07, 6.45) is 2.84. The molecule has 1 rings (SSSR count). The molecule has 6 heteroatoms. The van der Waals surface area contributed by atoms with Gasteiger partial charge in [-0.05, 0) is 52.5 Å². The molecule has 22 heavy (non-hydrogen) atoms. The predicted molar refractivity (Wildman–Crippen MR) is 80.8 cm³/mol. The third-order valence-corrected chi connectivity index (χ3v) is 3.62. The lowest BCUT2D eigenvalue weighted by atomic mass is 9.75. The van der Waals surface area contributed by atoms with Crippen molar-refractivity contribution in [3.63, 3.8) is 0 Å². The molecule has 1 N–H and O–H groups in total. The Bertz CT molecular complexity index is 513. The summed E-state index contributed by atoms with van der Waals surface area (Å²) in [7, 11) is 1.37. The van der Waals surface area contributed by atoms with Crippen molar-refractivity contribution in [3.8, 4) is 6.07 Å². The number of nitrogens with one attached hydrogen (secondary N) is 1. The summed E-state index contributed by atoms with van der Waals surface area (Å²) in [5.74, 6) is -0.253. The van der Waals surface area contributed by atoms with Crippen LogP contribution >= 0.6 is 0 Å². The highest BCUT2D eigenvalue weighted by atomic mass is 16.6. The summed E-state index contributed by atoms with van der Waals surface area (Å²) in [5, 5.41) is 11.8. The van der Waals surface area contributed by atoms with Gasteiger partial charge in [0.05, 0.1) is 18.6 Å². The highest BCUT2D eigenvalue weighted by molar-refractivity contribution is 5.77. The Kier molecular flexibility index (Phi) is 5.59. The van der Waals surface area contributed by atoms with Gasteiger partial charge in [0, 0.05) is 0 Å². The molecule has 0 heterocycles. The average molecular weight is 308 g/mol. The van der Waals surface area contributed by atoms with Gasteiger partial charge in [0.2, 0.25) is 0 Å². The first-order chi connectivity index (χ1) is 10.1. The van der Waals surface area contributed by atoms with E-state index in [1.165, 1.54) is 7.11 Å². The Balaban J connectivity index is 2.72. The molecule has 6 nitrogen and oxygen atoms in total. The van der Waals surface area contributed by atoms with Gasteiger partial charge in [-0.25, -0.2) is 4.79 Å². The molecule has 0 aromatic carbocycles. The number of ether oxygens (including phenoxy) is 2. The summed E-state index contributed by atoms with van der Waals surface area (Å²) in [4.78, 5) is 23.5. The Hall–Kier alpha value is -2.03. The summed E-state index contributed by atoms with van der Waals surface area (Å²) < 4.78 is 9.97. The van der Waals surface area contributed by atoms with Gasteiger partial charge in [0.1, 0.15) is 11.6 Å². The third-order valence-electron chi connectivity index (χ3n) is 3.62. The Morgan fingerprint density at radius 2 is 2.09 bits per heavy atom. The molecule has 122 valence electrons. The van der Waals surface area contributed by atoms with Crippen molar-refractivity contribution < 1.29 is 19.1 Å². The van der Waals surface area contributed by atoms with Crippen LogP contribution in [0.2, 0.25) is 0 Å². The lowest BCUT2D eigenvalue weighted by molar-refractivity contribution is -0.152. The second kappa shape index (κ2) is 6.82. The fraction of sp³-hybridized carbons (Fsp3) is 0.688. The van der Waals surface area contributed by atoms with Crippen LogP contribution in [0.25, 0.3) is 0 Å². The van der Waals surface area contributed by atoms with Gasteiger partial charge in [-0.15, -0.1) is 0 Å². The highest BCUT2D eigenvalue weighted by Gasteiger charge is 2.37. The number of alkyl carbamates (subject to hydrolysis) is 1. The molecule has 2 unspecified atom stereocenters. The molecule has 0 fully saturated rings. The van der Waals surface area contributed by atoms with E-state index in [2.05, 4.69) is 11.4 Å². The van der Waals surface area contributed by atoms with Gasteiger partial charge in [-0.2, -0.15) is 5.26 Å². The Morgan fingerprint density at radius 1 is 1.45 bits per heavy atom. The van der Waals surface area contributed by atoms with Crippen molar-refractivity contribution in [3.05, 3.63) is 11.6 Å². The number of hydrogen-bond donors (Lipinski definition) is 1. The average Bonchev–Trinajstić information content (AvgIpc) is 2.43. The molecular formula is C16H24N2O4. The van der Waals surface area contributed by atoms with Gasteiger partial charge in [0.25, 0.3) is 0 Å². The van der Waals surface area contributed by atoms with E-state index in [9.17, 15) is 14.9 Å². The van der Waals surface area contributed by atoms with E-state index in [1.54, 1.807) is 20.8 Å². The smallest absolute Gasteiger partial charge is 0.408 e. The van der Waals surface area contributed by atoms with Gasteiger partial charge in [-0.3, -0.25) is 4.79 Å². The molecule has 0 radical (unpaired) electrons. The lowest BCUT2D eigenvalue weighted by Gasteiger charge is -2.31. The van der Waals surface area contributed by atoms with Crippen molar-refractivity contribution >= 4 is 12.1 Å². The summed E-state index contributed by atoms with van der Waals surface area (Å²) in [5.41, 5.74) is -0.381. The van der Waals surface area contributed by atoms with Crippen molar-refractivity contribution in [2.75, 3.05) is 7.11 Å². The van der Waals surface area contributed by atoms with E-state index >= 15 is 0 Å². The standard InChI is InChI=1S/C16H24N2O4/c1-15(2,3)22-14(20)18-12(10-17)11-6-8-16(4,9-7-11)13(19)21-5/h6,12H,7-9H2,1-5H3,(H,18,20). The minimum atomic E-state index is -0.739. The van der Waals surface area contributed by atoms with Crippen LogP contribution in [0.15, 0.2) is 11.6 Å². The van der Waals surface area contributed by atoms with Crippen LogP contribution in [0, 0.1) is 16.7 Å². The van der Waals surface area contributed by atoms with Crippen molar-refractivity contribution in [1.29, 1.82) is 5.26 Å². The van der Waals surface area contributed by atoms with Crippen LogP contribution in [-0.2, 0) is 14.3 Å². The number of allylic oxidation sites excluding steroid dienone is 1. The van der Waals surface area contributed by atoms with Crippen LogP contribution in [0.3, 0.4) is 0 Å². The van der Waals surface area contributed by atoms with Crippen LogP contribution in [-0.4, -0.2) is 30.8 Å². The first kappa shape index (κ1) is 18.0. The number of nitriles is 1. The molecule has 0 spiro atoms. The fourth-order valence-corrected chi connectivity index (χ4v) is 2.31. The largest absolute Gasteiger partial charge is 0.469 e. The van der Waals surface area contributed by atoms with Gasteiger partial charge in [-0.1, -0.05) is 6.08 Å². The van der Waals surface area contributed by atoms with Crippen LogP contribution in [0.5, 0.6) is 0 Å². The summed E-state index contributed by atoms with van der Waals surface area (Å²) in [6.45, 7) is 7.12. The van der Waals surface area contributed by atoms with Crippen molar-refractivity contribution in [2.24, 2.45) is 5.41 Å². The van der Waals surface area contributed by atoms with Crippen LogP contribution in [0.1, 0.15) is 47.0 Å². The molecule has 0 aliphatic heterocycles. The Labute approximate surface area is 131 Å². The summed E-state index contributed by atoms with van der Waals surface area (Å²) in [6, 6.07) is 1.32. The molecule has 1 amide bonds. The minimum Gasteiger partial charge on any atom is -0.469 e. The van der Waals surface area contributed by atoms with Crippen LogP contribution < -0.4 is 5.32 Å². The monoisotopic (exact) mass is 308 g/mol. The normalized spacial score (nSPS) is 22.8. The fourth-order valence-electron chi connectivity index (χ4n) is 2.31. The zero-order valence-corrected chi connectivity index (χ0v) is 13.9. The minimum absolute atomic E-state index is 0.253. The number of carbonyl (C=O) groups excluding carboxylic acids is 2. The number of carbonyl (C=O) groups is 2. The number of hydrogen-bond acceptors (Lipinski definition) is 5. The van der Waals surface area contributed by atoms with E-state index in [1.807, 2.05) is 13.0 Å². The zero-order valence-electron chi connectivity index (χ0n) is 13.9. The highest BCUT2D eigenvalue weighted by Crippen LogP contribution is 2.36.